The van der Waals surface area contributed by atoms with Crippen LogP contribution in [0.15, 0.2) is 11.1 Å². The molecule has 0 aromatic carbocycles. The lowest BCUT2D eigenvalue weighted by atomic mass is 10.0. The molecule has 1 rings (SSSR count). The number of unbranched alkanes of at least 4 members (excludes halogenated alkanes) is 5. The summed E-state index contributed by atoms with van der Waals surface area (Å²) in [6.45, 7) is 5.40. The zero-order valence-corrected chi connectivity index (χ0v) is 13.9. The first kappa shape index (κ1) is 18.4. The summed E-state index contributed by atoms with van der Waals surface area (Å²) in [6, 6.07) is -0.531. The van der Waals surface area contributed by atoms with Gasteiger partial charge in [0.25, 0.3) is 11.8 Å². The van der Waals surface area contributed by atoms with Crippen LogP contribution in [0.2, 0.25) is 0 Å². The van der Waals surface area contributed by atoms with Gasteiger partial charge in [0.05, 0.1) is 12.5 Å². The summed E-state index contributed by atoms with van der Waals surface area (Å²) in [4.78, 5) is 36.6. The molecule has 1 aliphatic rings. The number of aliphatic carboxylic acids is 1. The Bertz CT molecular complexity index is 443. The Hall–Kier alpha value is -1.65. The molecule has 2 amide bonds. The molecule has 5 heteroatoms. The Morgan fingerprint density at radius 2 is 1.50 bits per heavy atom. The fourth-order valence-corrected chi connectivity index (χ4v) is 2.79. The summed E-state index contributed by atoms with van der Waals surface area (Å²) in [5.41, 5.74) is 0.867. The molecule has 124 valence electrons. The summed E-state index contributed by atoms with van der Waals surface area (Å²) in [6.07, 6.45) is 6.94. The molecule has 0 aromatic heterocycles. The highest BCUT2D eigenvalue weighted by Gasteiger charge is 2.38. The number of carbonyl (C=O) groups excluding carboxylic acids is 2. The third-order valence-electron chi connectivity index (χ3n) is 4.31. The summed E-state index contributed by atoms with van der Waals surface area (Å²) >= 11 is 0. The van der Waals surface area contributed by atoms with Gasteiger partial charge in [0.1, 0.15) is 0 Å². The van der Waals surface area contributed by atoms with E-state index in [1.54, 1.807) is 13.8 Å². The molecule has 0 spiro atoms. The molecule has 0 fully saturated rings. The van der Waals surface area contributed by atoms with Crippen molar-refractivity contribution in [1.29, 1.82) is 0 Å². The number of rotatable bonds is 10. The van der Waals surface area contributed by atoms with Crippen molar-refractivity contribution in [3.63, 3.8) is 0 Å². The molecule has 1 aliphatic heterocycles. The predicted molar refractivity (Wildman–Crippen MR) is 84.3 cm³/mol. The van der Waals surface area contributed by atoms with Crippen molar-refractivity contribution in [2.24, 2.45) is 0 Å². The average molecular weight is 309 g/mol. The van der Waals surface area contributed by atoms with Crippen molar-refractivity contribution in [2.75, 3.05) is 0 Å². The van der Waals surface area contributed by atoms with E-state index in [1.165, 1.54) is 19.3 Å². The number of carboxylic acids is 1. The van der Waals surface area contributed by atoms with E-state index in [9.17, 15) is 14.4 Å². The topological polar surface area (TPSA) is 74.7 Å². The third-order valence-corrected chi connectivity index (χ3v) is 4.31. The molecule has 22 heavy (non-hydrogen) atoms. The molecule has 5 nitrogen and oxygen atoms in total. The lowest BCUT2D eigenvalue weighted by Crippen LogP contribution is -2.42. The molecule has 1 heterocycles. The van der Waals surface area contributed by atoms with Gasteiger partial charge in [0.15, 0.2) is 0 Å². The molecule has 0 saturated carbocycles. The predicted octanol–water partition coefficient (Wildman–Crippen LogP) is 3.29. The van der Waals surface area contributed by atoms with Crippen molar-refractivity contribution >= 4 is 17.8 Å². The summed E-state index contributed by atoms with van der Waals surface area (Å²) in [7, 11) is 0. The van der Waals surface area contributed by atoms with E-state index < -0.39 is 12.0 Å². The van der Waals surface area contributed by atoms with Gasteiger partial charge in [-0.1, -0.05) is 45.4 Å². The molecule has 1 N–H and O–H groups in total. The van der Waals surface area contributed by atoms with Crippen LogP contribution in [0.1, 0.15) is 72.1 Å². The number of nitrogens with zero attached hydrogens (tertiary/aromatic N) is 1. The second-order valence-corrected chi connectivity index (χ2v) is 6.04. The fraction of sp³-hybridized carbons (Fsp3) is 0.706. The molecule has 0 bridgehead atoms. The molecule has 0 saturated heterocycles. The number of hydrogen-bond donors (Lipinski definition) is 1. The first-order valence-corrected chi connectivity index (χ1v) is 8.17. The highest BCUT2D eigenvalue weighted by Crippen LogP contribution is 2.26. The Morgan fingerprint density at radius 3 is 2.00 bits per heavy atom. The fourth-order valence-electron chi connectivity index (χ4n) is 2.79. The highest BCUT2D eigenvalue weighted by molar-refractivity contribution is 6.19. The van der Waals surface area contributed by atoms with Gasteiger partial charge >= 0.3 is 5.97 Å². The molecule has 0 radical (unpaired) electrons. The van der Waals surface area contributed by atoms with E-state index in [-0.39, 0.29) is 18.2 Å². The van der Waals surface area contributed by atoms with Crippen molar-refractivity contribution in [3.8, 4) is 0 Å². The van der Waals surface area contributed by atoms with Crippen LogP contribution in [0.4, 0.5) is 0 Å². The number of imide groups is 1. The Kier molecular flexibility index (Phi) is 7.28. The van der Waals surface area contributed by atoms with Gasteiger partial charge < -0.3 is 5.11 Å². The zero-order chi connectivity index (χ0) is 16.7. The van der Waals surface area contributed by atoms with Gasteiger partial charge in [0, 0.05) is 11.1 Å². The molecule has 1 unspecified atom stereocenters. The average Bonchev–Trinajstić information content (AvgIpc) is 2.65. The summed E-state index contributed by atoms with van der Waals surface area (Å²) < 4.78 is 0. The molecule has 0 aromatic rings. The van der Waals surface area contributed by atoms with Gasteiger partial charge in [-0.3, -0.25) is 19.3 Å². The maximum Gasteiger partial charge on any atom is 0.305 e. The Labute approximate surface area is 132 Å². The van der Waals surface area contributed by atoms with Crippen molar-refractivity contribution < 1.29 is 19.5 Å². The normalized spacial score (nSPS) is 16.6. The lowest BCUT2D eigenvalue weighted by molar-refractivity contribution is -0.144. The minimum absolute atomic E-state index is 0.174. The van der Waals surface area contributed by atoms with Crippen LogP contribution >= 0.6 is 0 Å². The molecular formula is C17H27NO4. The smallest absolute Gasteiger partial charge is 0.305 e. The quantitative estimate of drug-likeness (QED) is 0.496. The van der Waals surface area contributed by atoms with E-state index in [1.807, 2.05) is 0 Å². The minimum atomic E-state index is -0.973. The van der Waals surface area contributed by atoms with E-state index in [0.29, 0.717) is 17.6 Å². The van der Waals surface area contributed by atoms with Gasteiger partial charge in [-0.15, -0.1) is 0 Å². The van der Waals surface area contributed by atoms with E-state index in [4.69, 9.17) is 5.11 Å². The van der Waals surface area contributed by atoms with Gasteiger partial charge in [0.2, 0.25) is 0 Å². The molecule has 1 atom stereocenters. The maximum absolute atomic E-state index is 12.2. The van der Waals surface area contributed by atoms with Crippen LogP contribution < -0.4 is 0 Å². The number of carbonyl (C=O) groups is 3. The highest BCUT2D eigenvalue weighted by atomic mass is 16.4. The monoisotopic (exact) mass is 309 g/mol. The van der Waals surface area contributed by atoms with E-state index in [2.05, 4.69) is 6.92 Å². The van der Waals surface area contributed by atoms with Crippen LogP contribution in [0, 0.1) is 0 Å². The summed E-state index contributed by atoms with van der Waals surface area (Å²) in [5, 5.41) is 9.06. The van der Waals surface area contributed by atoms with Crippen LogP contribution in [0.5, 0.6) is 0 Å². The van der Waals surface area contributed by atoms with Crippen molar-refractivity contribution in [3.05, 3.63) is 11.1 Å². The lowest BCUT2D eigenvalue weighted by Gasteiger charge is -2.25. The van der Waals surface area contributed by atoms with Crippen molar-refractivity contribution in [2.45, 2.75) is 78.2 Å². The number of carboxylic acid groups (broad SMARTS) is 1. The SMILES string of the molecule is CCCCCCCCC(CC(=O)O)N1C(=O)C(C)=C(C)C1=O. The second-order valence-electron chi connectivity index (χ2n) is 6.04. The summed E-state index contributed by atoms with van der Waals surface area (Å²) in [5.74, 6) is -1.64. The van der Waals surface area contributed by atoms with Crippen LogP contribution in [0.25, 0.3) is 0 Å². The third kappa shape index (κ3) is 4.68. The van der Waals surface area contributed by atoms with Crippen molar-refractivity contribution in [1.82, 2.24) is 4.90 Å². The van der Waals surface area contributed by atoms with Crippen LogP contribution in [-0.2, 0) is 14.4 Å². The maximum atomic E-state index is 12.2. The minimum Gasteiger partial charge on any atom is -0.481 e. The number of amides is 2. The van der Waals surface area contributed by atoms with Gasteiger partial charge in [-0.2, -0.15) is 0 Å². The number of hydrogen-bond acceptors (Lipinski definition) is 3. The van der Waals surface area contributed by atoms with Crippen LogP contribution in [0.3, 0.4) is 0 Å². The van der Waals surface area contributed by atoms with E-state index in [0.717, 1.165) is 24.2 Å². The zero-order valence-electron chi connectivity index (χ0n) is 13.9. The standard InChI is InChI=1S/C17H27NO4/c1-4-5-6-7-8-9-10-14(11-15(19)20)18-16(21)12(2)13(3)17(18)22/h14H,4-11H2,1-3H3,(H,19,20). The second kappa shape index (κ2) is 8.71. The van der Waals surface area contributed by atoms with Crippen LogP contribution in [-0.4, -0.2) is 33.8 Å². The van der Waals surface area contributed by atoms with Gasteiger partial charge in [-0.05, 0) is 20.3 Å². The first-order valence-electron chi connectivity index (χ1n) is 8.17. The van der Waals surface area contributed by atoms with E-state index >= 15 is 0 Å². The van der Waals surface area contributed by atoms with Gasteiger partial charge in [-0.25, -0.2) is 0 Å². The Balaban J connectivity index is 2.60. The molecule has 0 aliphatic carbocycles. The first-order chi connectivity index (χ1) is 10.4. The Morgan fingerprint density at radius 1 is 1.00 bits per heavy atom. The largest absolute Gasteiger partial charge is 0.481 e. The molecular weight excluding hydrogens is 282 g/mol.